The largest absolute Gasteiger partial charge is 0.226 e. The molecule has 0 N–H and O–H groups in total. The van der Waals surface area contributed by atoms with Crippen LogP contribution in [0.5, 0.6) is 0 Å². The van der Waals surface area contributed by atoms with E-state index >= 15 is 0 Å². The zero-order valence-corrected chi connectivity index (χ0v) is 9.55. The Morgan fingerprint density at radius 1 is 1.13 bits per heavy atom. The average Bonchev–Trinajstić information content (AvgIpc) is 2.22. The van der Waals surface area contributed by atoms with Crippen LogP contribution in [0.1, 0.15) is 5.56 Å². The molecule has 4 heteroatoms. The monoisotopic (exact) mass is 238 g/mol. The van der Waals surface area contributed by atoms with Gasteiger partial charge in [0, 0.05) is 16.8 Å². The maximum absolute atomic E-state index is 6.08. The Morgan fingerprint density at radius 3 is 2.67 bits per heavy atom. The van der Waals surface area contributed by atoms with Crippen molar-refractivity contribution < 1.29 is 0 Å². The fraction of sp³-hybridized carbons (Fsp3) is 0.0909. The SMILES string of the molecule is Cc1ccc(Cl)c(-c2ccnc(Cl)n2)c1. The number of rotatable bonds is 1. The molecule has 0 amide bonds. The molecule has 76 valence electrons. The van der Waals surface area contributed by atoms with Crippen LogP contribution in [0, 0.1) is 6.92 Å². The lowest BCUT2D eigenvalue weighted by atomic mass is 10.1. The molecule has 0 bridgehead atoms. The van der Waals surface area contributed by atoms with Gasteiger partial charge >= 0.3 is 0 Å². The van der Waals surface area contributed by atoms with Gasteiger partial charge in [-0.2, -0.15) is 0 Å². The smallest absolute Gasteiger partial charge is 0.222 e. The average molecular weight is 239 g/mol. The van der Waals surface area contributed by atoms with Crippen LogP contribution in [0.15, 0.2) is 30.5 Å². The zero-order chi connectivity index (χ0) is 10.8. The lowest BCUT2D eigenvalue weighted by Gasteiger charge is -2.04. The maximum atomic E-state index is 6.08. The van der Waals surface area contributed by atoms with E-state index in [1.807, 2.05) is 25.1 Å². The van der Waals surface area contributed by atoms with Crippen LogP contribution >= 0.6 is 23.2 Å². The summed E-state index contributed by atoms with van der Waals surface area (Å²) >= 11 is 11.8. The second-order valence-electron chi connectivity index (χ2n) is 3.19. The third-order valence-corrected chi connectivity index (χ3v) is 2.54. The predicted molar refractivity (Wildman–Crippen MR) is 62.2 cm³/mol. The minimum absolute atomic E-state index is 0.227. The quantitative estimate of drug-likeness (QED) is 0.708. The first kappa shape index (κ1) is 10.4. The van der Waals surface area contributed by atoms with E-state index in [-0.39, 0.29) is 5.28 Å². The molecule has 1 heterocycles. The van der Waals surface area contributed by atoms with E-state index in [1.165, 1.54) is 0 Å². The third kappa shape index (κ3) is 2.28. The normalized spacial score (nSPS) is 10.3. The van der Waals surface area contributed by atoms with E-state index in [0.29, 0.717) is 5.02 Å². The van der Waals surface area contributed by atoms with Crippen LogP contribution < -0.4 is 0 Å². The summed E-state index contributed by atoms with van der Waals surface area (Å²) < 4.78 is 0. The first-order valence-corrected chi connectivity index (χ1v) is 5.17. The molecule has 0 aliphatic heterocycles. The molecular weight excluding hydrogens is 231 g/mol. The Morgan fingerprint density at radius 2 is 1.93 bits per heavy atom. The summed E-state index contributed by atoms with van der Waals surface area (Å²) in [6, 6.07) is 7.56. The second kappa shape index (κ2) is 4.17. The van der Waals surface area contributed by atoms with Crippen molar-refractivity contribution in [2.24, 2.45) is 0 Å². The number of halogens is 2. The van der Waals surface area contributed by atoms with E-state index < -0.39 is 0 Å². The summed E-state index contributed by atoms with van der Waals surface area (Å²) in [7, 11) is 0. The number of aromatic nitrogens is 2. The maximum Gasteiger partial charge on any atom is 0.222 e. The number of hydrogen-bond acceptors (Lipinski definition) is 2. The van der Waals surface area contributed by atoms with Crippen LogP contribution in [0.25, 0.3) is 11.3 Å². The molecule has 0 aliphatic rings. The lowest BCUT2D eigenvalue weighted by molar-refractivity contribution is 1.17. The van der Waals surface area contributed by atoms with E-state index in [1.54, 1.807) is 12.3 Å². The Hall–Kier alpha value is -1.12. The van der Waals surface area contributed by atoms with Crippen molar-refractivity contribution in [3.63, 3.8) is 0 Å². The van der Waals surface area contributed by atoms with E-state index in [4.69, 9.17) is 23.2 Å². The molecule has 0 aliphatic carbocycles. The van der Waals surface area contributed by atoms with Crippen LogP contribution in [-0.4, -0.2) is 9.97 Å². The first-order chi connectivity index (χ1) is 7.16. The third-order valence-electron chi connectivity index (χ3n) is 2.02. The van der Waals surface area contributed by atoms with Gasteiger partial charge in [-0.25, -0.2) is 9.97 Å². The molecule has 2 nitrogen and oxygen atoms in total. The van der Waals surface area contributed by atoms with Gasteiger partial charge in [0.2, 0.25) is 5.28 Å². The molecule has 2 aromatic rings. The molecular formula is C11H8Cl2N2. The number of nitrogens with zero attached hydrogens (tertiary/aromatic N) is 2. The molecule has 0 saturated carbocycles. The van der Waals surface area contributed by atoms with Crippen molar-refractivity contribution in [3.8, 4) is 11.3 Å². The van der Waals surface area contributed by atoms with Crippen molar-refractivity contribution in [1.29, 1.82) is 0 Å². The van der Waals surface area contributed by atoms with Crippen LogP contribution in [0.4, 0.5) is 0 Å². The highest BCUT2D eigenvalue weighted by molar-refractivity contribution is 6.33. The number of benzene rings is 1. The van der Waals surface area contributed by atoms with Gasteiger partial charge in [-0.1, -0.05) is 23.2 Å². The van der Waals surface area contributed by atoms with E-state index in [2.05, 4.69) is 9.97 Å². The number of aryl methyl sites for hydroxylation is 1. The molecule has 0 spiro atoms. The highest BCUT2D eigenvalue weighted by Gasteiger charge is 2.05. The molecule has 1 aromatic carbocycles. The van der Waals surface area contributed by atoms with Crippen molar-refractivity contribution in [3.05, 3.63) is 46.3 Å². The van der Waals surface area contributed by atoms with Gasteiger partial charge in [0.05, 0.1) is 5.69 Å². The lowest BCUT2D eigenvalue weighted by Crippen LogP contribution is -1.88. The van der Waals surface area contributed by atoms with Gasteiger partial charge in [-0.3, -0.25) is 0 Å². The fourth-order valence-electron chi connectivity index (χ4n) is 1.32. The molecule has 2 rings (SSSR count). The molecule has 15 heavy (non-hydrogen) atoms. The highest BCUT2D eigenvalue weighted by Crippen LogP contribution is 2.27. The Balaban J connectivity index is 2.58. The zero-order valence-electron chi connectivity index (χ0n) is 8.04. The van der Waals surface area contributed by atoms with Crippen molar-refractivity contribution in [2.45, 2.75) is 6.92 Å². The van der Waals surface area contributed by atoms with Gasteiger partial charge in [-0.15, -0.1) is 0 Å². The summed E-state index contributed by atoms with van der Waals surface area (Å²) in [6.07, 6.45) is 1.61. The minimum Gasteiger partial charge on any atom is -0.226 e. The van der Waals surface area contributed by atoms with Crippen molar-refractivity contribution in [2.75, 3.05) is 0 Å². The van der Waals surface area contributed by atoms with Gasteiger partial charge in [-0.05, 0) is 36.7 Å². The molecule has 0 fully saturated rings. The van der Waals surface area contributed by atoms with Gasteiger partial charge in [0.25, 0.3) is 0 Å². The molecule has 0 unspecified atom stereocenters. The first-order valence-electron chi connectivity index (χ1n) is 4.42. The second-order valence-corrected chi connectivity index (χ2v) is 3.94. The van der Waals surface area contributed by atoms with E-state index in [9.17, 15) is 0 Å². The minimum atomic E-state index is 0.227. The molecule has 1 aromatic heterocycles. The Bertz CT molecular complexity index is 498. The van der Waals surface area contributed by atoms with Crippen LogP contribution in [0.3, 0.4) is 0 Å². The summed E-state index contributed by atoms with van der Waals surface area (Å²) in [4.78, 5) is 7.94. The Kier molecular flexibility index (Phi) is 2.89. The molecule has 0 atom stereocenters. The van der Waals surface area contributed by atoms with Gasteiger partial charge < -0.3 is 0 Å². The van der Waals surface area contributed by atoms with E-state index in [0.717, 1.165) is 16.8 Å². The summed E-state index contributed by atoms with van der Waals surface area (Å²) in [5, 5.41) is 0.889. The highest BCUT2D eigenvalue weighted by atomic mass is 35.5. The predicted octanol–water partition coefficient (Wildman–Crippen LogP) is 3.76. The fourth-order valence-corrected chi connectivity index (χ4v) is 1.68. The summed E-state index contributed by atoms with van der Waals surface area (Å²) in [5.74, 6) is 0. The van der Waals surface area contributed by atoms with Gasteiger partial charge in [0.1, 0.15) is 0 Å². The van der Waals surface area contributed by atoms with Gasteiger partial charge in [0.15, 0.2) is 0 Å². The van der Waals surface area contributed by atoms with Crippen molar-refractivity contribution in [1.82, 2.24) is 9.97 Å². The topological polar surface area (TPSA) is 25.8 Å². The van der Waals surface area contributed by atoms with Crippen LogP contribution in [0.2, 0.25) is 10.3 Å². The standard InChI is InChI=1S/C11H8Cl2N2/c1-7-2-3-9(12)8(6-7)10-4-5-14-11(13)15-10/h2-6H,1H3. The summed E-state index contributed by atoms with van der Waals surface area (Å²) in [6.45, 7) is 2.00. The van der Waals surface area contributed by atoms with Crippen LogP contribution in [-0.2, 0) is 0 Å². The van der Waals surface area contributed by atoms with Crippen molar-refractivity contribution >= 4 is 23.2 Å². The number of hydrogen-bond donors (Lipinski definition) is 0. The molecule has 0 radical (unpaired) electrons. The Labute approximate surface area is 97.9 Å². The molecule has 0 saturated heterocycles. The summed E-state index contributed by atoms with van der Waals surface area (Å²) in [5.41, 5.74) is 2.74.